The standard InChI is InChI=1S/C23H30N6O/c1-15-14-29-21(25-22(15)16-8-9-17(24)12-16)13-18(26-29)19-6-3-4-11-28(19)23(30)20-7-5-10-27(20)2/h5,7,10,13-14,16-17,19H,3-4,6,8-9,11-12,24H2,1-2H3. The smallest absolute Gasteiger partial charge is 0.271 e. The van der Waals surface area contributed by atoms with Crippen molar-refractivity contribution in [2.75, 3.05) is 6.54 Å². The molecule has 0 radical (unpaired) electrons. The number of hydrogen-bond donors (Lipinski definition) is 1. The second-order valence-electron chi connectivity index (χ2n) is 8.97. The van der Waals surface area contributed by atoms with Crippen LogP contribution in [-0.4, -0.2) is 42.6 Å². The van der Waals surface area contributed by atoms with Crippen LogP contribution in [0.2, 0.25) is 0 Å². The van der Waals surface area contributed by atoms with Crippen LogP contribution in [0.3, 0.4) is 0 Å². The Kier molecular flexibility index (Phi) is 4.85. The second kappa shape index (κ2) is 7.54. The van der Waals surface area contributed by atoms with Crippen molar-refractivity contribution in [3.8, 4) is 0 Å². The van der Waals surface area contributed by atoms with E-state index in [4.69, 9.17) is 15.8 Å². The third-order valence-corrected chi connectivity index (χ3v) is 6.82. The van der Waals surface area contributed by atoms with Gasteiger partial charge in [0, 0.05) is 44.0 Å². The average molecular weight is 407 g/mol. The van der Waals surface area contributed by atoms with Crippen molar-refractivity contribution in [2.45, 2.75) is 63.5 Å². The molecule has 2 fully saturated rings. The van der Waals surface area contributed by atoms with E-state index in [1.165, 1.54) is 0 Å². The van der Waals surface area contributed by atoms with Gasteiger partial charge in [-0.3, -0.25) is 4.79 Å². The molecule has 1 aliphatic carbocycles. The summed E-state index contributed by atoms with van der Waals surface area (Å²) in [5, 5.41) is 4.85. The van der Waals surface area contributed by atoms with E-state index in [2.05, 4.69) is 19.2 Å². The van der Waals surface area contributed by atoms with Gasteiger partial charge < -0.3 is 15.2 Å². The maximum Gasteiger partial charge on any atom is 0.271 e. The van der Waals surface area contributed by atoms with Crippen LogP contribution in [0.1, 0.15) is 77.9 Å². The van der Waals surface area contributed by atoms with Gasteiger partial charge in [-0.05, 0) is 63.1 Å². The Morgan fingerprint density at radius 2 is 2.10 bits per heavy atom. The largest absolute Gasteiger partial charge is 0.347 e. The molecule has 158 valence electrons. The zero-order chi connectivity index (χ0) is 20.8. The second-order valence-corrected chi connectivity index (χ2v) is 8.97. The summed E-state index contributed by atoms with van der Waals surface area (Å²) in [5.74, 6) is 0.516. The summed E-state index contributed by atoms with van der Waals surface area (Å²) in [7, 11) is 1.92. The molecule has 7 heteroatoms. The van der Waals surface area contributed by atoms with E-state index >= 15 is 0 Å². The third-order valence-electron chi connectivity index (χ3n) is 6.82. The van der Waals surface area contributed by atoms with Crippen molar-refractivity contribution in [1.82, 2.24) is 24.1 Å². The molecule has 0 aromatic carbocycles. The lowest BCUT2D eigenvalue weighted by Gasteiger charge is -2.34. The fourth-order valence-electron chi connectivity index (χ4n) is 5.20. The fourth-order valence-corrected chi connectivity index (χ4v) is 5.20. The molecule has 1 saturated heterocycles. The number of hydrogen-bond acceptors (Lipinski definition) is 4. The highest BCUT2D eigenvalue weighted by atomic mass is 16.2. The number of carbonyl (C=O) groups excluding carboxylic acids is 1. The van der Waals surface area contributed by atoms with E-state index in [9.17, 15) is 4.79 Å². The average Bonchev–Trinajstić information content (AvgIpc) is 3.46. The third kappa shape index (κ3) is 3.31. The highest BCUT2D eigenvalue weighted by Crippen LogP contribution is 2.35. The first-order chi connectivity index (χ1) is 14.5. The lowest BCUT2D eigenvalue weighted by atomic mass is 9.98. The molecule has 30 heavy (non-hydrogen) atoms. The summed E-state index contributed by atoms with van der Waals surface area (Å²) in [5.41, 5.74) is 11.0. The number of piperidine rings is 1. The lowest BCUT2D eigenvalue weighted by Crippen LogP contribution is -2.39. The van der Waals surface area contributed by atoms with Gasteiger partial charge in [0.1, 0.15) is 5.69 Å². The Bertz CT molecular complexity index is 1080. The molecule has 2 aliphatic rings. The summed E-state index contributed by atoms with van der Waals surface area (Å²) in [4.78, 5) is 20.2. The van der Waals surface area contributed by atoms with Crippen LogP contribution in [0.4, 0.5) is 0 Å². The first kappa shape index (κ1) is 19.3. The van der Waals surface area contributed by atoms with Crippen molar-refractivity contribution in [1.29, 1.82) is 0 Å². The number of aryl methyl sites for hydroxylation is 2. The summed E-state index contributed by atoms with van der Waals surface area (Å²) in [6.45, 7) is 2.87. The molecule has 7 nitrogen and oxygen atoms in total. The minimum Gasteiger partial charge on any atom is -0.347 e. The topological polar surface area (TPSA) is 81.5 Å². The number of likely N-dealkylation sites (tertiary alicyclic amines) is 1. The minimum atomic E-state index is -0.00786. The maximum atomic E-state index is 13.2. The monoisotopic (exact) mass is 406 g/mol. The Morgan fingerprint density at radius 3 is 2.83 bits per heavy atom. The zero-order valence-electron chi connectivity index (χ0n) is 17.8. The Labute approximate surface area is 176 Å². The van der Waals surface area contributed by atoms with Crippen LogP contribution < -0.4 is 5.73 Å². The van der Waals surface area contributed by atoms with Gasteiger partial charge in [-0.25, -0.2) is 9.50 Å². The van der Waals surface area contributed by atoms with E-state index in [-0.39, 0.29) is 18.0 Å². The molecule has 1 amide bonds. The zero-order valence-corrected chi connectivity index (χ0v) is 17.8. The molecule has 0 bridgehead atoms. The van der Waals surface area contributed by atoms with Gasteiger partial charge in [-0.1, -0.05) is 0 Å². The van der Waals surface area contributed by atoms with E-state index in [0.717, 1.165) is 73.4 Å². The highest BCUT2D eigenvalue weighted by molar-refractivity contribution is 5.93. The van der Waals surface area contributed by atoms with Crippen molar-refractivity contribution in [3.05, 3.63) is 53.2 Å². The molecule has 1 saturated carbocycles. The molecule has 1 aliphatic heterocycles. The molecule has 3 aromatic heterocycles. The number of amides is 1. The summed E-state index contributed by atoms with van der Waals surface area (Å²) < 4.78 is 3.77. The lowest BCUT2D eigenvalue weighted by molar-refractivity contribution is 0.0596. The van der Waals surface area contributed by atoms with Gasteiger partial charge in [0.15, 0.2) is 5.65 Å². The molecule has 3 unspecified atom stereocenters. The Balaban J connectivity index is 1.48. The number of carbonyl (C=O) groups is 1. The van der Waals surface area contributed by atoms with Gasteiger partial charge in [-0.2, -0.15) is 5.10 Å². The number of fused-ring (bicyclic) bond motifs is 1. The van der Waals surface area contributed by atoms with Crippen molar-refractivity contribution in [2.24, 2.45) is 12.8 Å². The van der Waals surface area contributed by atoms with Crippen LogP contribution in [0.15, 0.2) is 30.6 Å². The fraction of sp³-hybridized carbons (Fsp3) is 0.522. The number of aromatic nitrogens is 4. The van der Waals surface area contributed by atoms with Gasteiger partial charge in [0.25, 0.3) is 5.91 Å². The SMILES string of the molecule is Cc1cn2nc(C3CCCCN3C(=O)c3cccn3C)cc2nc1C1CCC(N)C1. The number of nitrogens with two attached hydrogens (primary N) is 1. The predicted molar refractivity (Wildman–Crippen MR) is 115 cm³/mol. The molecule has 2 N–H and O–H groups in total. The van der Waals surface area contributed by atoms with Crippen molar-refractivity contribution < 1.29 is 4.79 Å². The maximum absolute atomic E-state index is 13.2. The molecule has 3 aromatic rings. The van der Waals surface area contributed by atoms with Gasteiger partial charge in [-0.15, -0.1) is 0 Å². The molecule has 5 rings (SSSR count). The van der Waals surface area contributed by atoms with Crippen LogP contribution in [0.25, 0.3) is 5.65 Å². The van der Waals surface area contributed by atoms with Crippen LogP contribution in [0, 0.1) is 6.92 Å². The minimum absolute atomic E-state index is 0.00786. The number of rotatable bonds is 3. The molecular formula is C23H30N6O. The van der Waals surface area contributed by atoms with Crippen LogP contribution >= 0.6 is 0 Å². The van der Waals surface area contributed by atoms with E-state index < -0.39 is 0 Å². The first-order valence-electron chi connectivity index (χ1n) is 11.1. The van der Waals surface area contributed by atoms with Gasteiger partial charge >= 0.3 is 0 Å². The molecule has 4 heterocycles. The first-order valence-corrected chi connectivity index (χ1v) is 11.1. The Hall–Kier alpha value is -2.67. The van der Waals surface area contributed by atoms with E-state index in [0.29, 0.717) is 5.92 Å². The Morgan fingerprint density at radius 1 is 1.23 bits per heavy atom. The van der Waals surface area contributed by atoms with Crippen LogP contribution in [-0.2, 0) is 7.05 Å². The summed E-state index contributed by atoms with van der Waals surface area (Å²) >= 11 is 0. The normalized spacial score (nSPS) is 24.6. The van der Waals surface area contributed by atoms with Crippen molar-refractivity contribution >= 4 is 11.6 Å². The molecule has 0 spiro atoms. The summed E-state index contributed by atoms with van der Waals surface area (Å²) in [6.07, 6.45) is 10.2. The highest BCUT2D eigenvalue weighted by Gasteiger charge is 2.32. The van der Waals surface area contributed by atoms with E-state index in [1.807, 2.05) is 39.4 Å². The predicted octanol–water partition coefficient (Wildman–Crippen LogP) is 3.34. The molecule has 3 atom stereocenters. The summed E-state index contributed by atoms with van der Waals surface area (Å²) in [6, 6.07) is 6.15. The van der Waals surface area contributed by atoms with Gasteiger partial charge in [0.2, 0.25) is 0 Å². The molecular weight excluding hydrogens is 376 g/mol. The van der Waals surface area contributed by atoms with Gasteiger partial charge in [0.05, 0.1) is 17.4 Å². The quantitative estimate of drug-likeness (QED) is 0.723. The van der Waals surface area contributed by atoms with Crippen LogP contribution in [0.5, 0.6) is 0 Å². The number of nitrogens with zero attached hydrogens (tertiary/aromatic N) is 5. The van der Waals surface area contributed by atoms with Crippen molar-refractivity contribution in [3.63, 3.8) is 0 Å². The van der Waals surface area contributed by atoms with E-state index in [1.54, 1.807) is 0 Å².